The van der Waals surface area contributed by atoms with Gasteiger partial charge in [0.05, 0.1) is 31.9 Å². The van der Waals surface area contributed by atoms with Crippen LogP contribution in [0.1, 0.15) is 25.3 Å². The molecule has 156 valence electrons. The SMILES string of the molecule is CCOC(=O)CN1CCC(N2CC(=O)N(c3ccc(C(=N)N)cc3)C(=O)C2)CC1. The van der Waals surface area contributed by atoms with Crippen molar-refractivity contribution in [2.45, 2.75) is 25.8 Å². The number of hydrogen-bond acceptors (Lipinski definition) is 7. The van der Waals surface area contributed by atoms with Gasteiger partial charge < -0.3 is 10.5 Å². The van der Waals surface area contributed by atoms with Crippen molar-refractivity contribution in [3.05, 3.63) is 29.8 Å². The number of hydrogen-bond donors (Lipinski definition) is 2. The van der Waals surface area contributed by atoms with Crippen molar-refractivity contribution in [3.8, 4) is 0 Å². The third-order valence-corrected chi connectivity index (χ3v) is 5.34. The number of carbonyl (C=O) groups excluding carboxylic acids is 3. The summed E-state index contributed by atoms with van der Waals surface area (Å²) in [6.07, 6.45) is 1.60. The number of nitrogens with one attached hydrogen (secondary N) is 1. The van der Waals surface area contributed by atoms with Gasteiger partial charge in [0.25, 0.3) is 0 Å². The number of likely N-dealkylation sites (tertiary alicyclic amines) is 1. The Morgan fingerprint density at radius 2 is 1.72 bits per heavy atom. The van der Waals surface area contributed by atoms with Gasteiger partial charge in [0.2, 0.25) is 11.8 Å². The minimum Gasteiger partial charge on any atom is -0.465 e. The van der Waals surface area contributed by atoms with E-state index in [9.17, 15) is 14.4 Å². The summed E-state index contributed by atoms with van der Waals surface area (Å²) >= 11 is 0. The molecule has 2 fully saturated rings. The van der Waals surface area contributed by atoms with Crippen LogP contribution in [0.15, 0.2) is 24.3 Å². The van der Waals surface area contributed by atoms with Gasteiger partial charge in [-0.25, -0.2) is 4.90 Å². The third kappa shape index (κ3) is 4.99. The standard InChI is InChI=1S/C20H27N5O4/c1-2-29-19(28)13-23-9-7-15(8-10-23)24-11-17(26)25(18(27)12-24)16-5-3-14(4-6-16)20(21)22/h3-6,15H,2,7-13H2,1H3,(H3,21,22). The van der Waals surface area contributed by atoms with E-state index in [2.05, 4.69) is 0 Å². The molecule has 2 heterocycles. The van der Waals surface area contributed by atoms with Crippen LogP contribution in [0.5, 0.6) is 0 Å². The number of nitrogen functional groups attached to an aromatic ring is 1. The molecule has 2 amide bonds. The van der Waals surface area contributed by atoms with E-state index < -0.39 is 0 Å². The Morgan fingerprint density at radius 1 is 1.14 bits per heavy atom. The second-order valence-corrected chi connectivity index (χ2v) is 7.30. The van der Waals surface area contributed by atoms with Gasteiger partial charge >= 0.3 is 5.97 Å². The Hall–Kier alpha value is -2.78. The fourth-order valence-corrected chi connectivity index (χ4v) is 3.85. The summed E-state index contributed by atoms with van der Waals surface area (Å²) in [5, 5.41) is 7.44. The van der Waals surface area contributed by atoms with Crippen molar-refractivity contribution in [2.75, 3.05) is 44.2 Å². The number of nitrogens with two attached hydrogens (primary N) is 1. The molecule has 0 saturated carbocycles. The van der Waals surface area contributed by atoms with Crippen LogP contribution in [0.4, 0.5) is 5.69 Å². The van der Waals surface area contributed by atoms with Gasteiger partial charge in [-0.3, -0.25) is 29.6 Å². The number of benzene rings is 1. The molecule has 0 bridgehead atoms. The number of nitrogens with zero attached hydrogens (tertiary/aromatic N) is 3. The first-order chi connectivity index (χ1) is 13.9. The smallest absolute Gasteiger partial charge is 0.320 e. The van der Waals surface area contributed by atoms with Crippen molar-refractivity contribution in [3.63, 3.8) is 0 Å². The predicted molar refractivity (Wildman–Crippen MR) is 108 cm³/mol. The summed E-state index contributed by atoms with van der Waals surface area (Å²) < 4.78 is 4.99. The fourth-order valence-electron chi connectivity index (χ4n) is 3.85. The molecule has 0 atom stereocenters. The van der Waals surface area contributed by atoms with Crippen molar-refractivity contribution in [2.24, 2.45) is 5.73 Å². The molecule has 29 heavy (non-hydrogen) atoms. The lowest BCUT2D eigenvalue weighted by Gasteiger charge is -2.41. The highest BCUT2D eigenvalue weighted by Crippen LogP contribution is 2.23. The number of amides is 2. The van der Waals surface area contributed by atoms with Crippen molar-refractivity contribution < 1.29 is 19.1 Å². The molecule has 2 saturated heterocycles. The number of piperidine rings is 1. The number of esters is 1. The number of anilines is 1. The number of piperazine rings is 1. The maximum absolute atomic E-state index is 12.7. The normalized spacial score (nSPS) is 19.4. The van der Waals surface area contributed by atoms with Crippen molar-refractivity contribution in [1.29, 1.82) is 5.41 Å². The largest absolute Gasteiger partial charge is 0.465 e. The average molecular weight is 401 g/mol. The Morgan fingerprint density at radius 3 is 2.24 bits per heavy atom. The first kappa shape index (κ1) is 20.9. The van der Waals surface area contributed by atoms with Gasteiger partial charge in [-0.15, -0.1) is 0 Å². The quantitative estimate of drug-likeness (QED) is 0.302. The van der Waals surface area contributed by atoms with E-state index in [-0.39, 0.29) is 49.3 Å². The Balaban J connectivity index is 1.56. The molecule has 0 radical (unpaired) electrons. The zero-order valence-corrected chi connectivity index (χ0v) is 16.6. The maximum atomic E-state index is 12.7. The van der Waals surface area contributed by atoms with Crippen molar-refractivity contribution >= 4 is 29.3 Å². The van der Waals surface area contributed by atoms with E-state index in [1.807, 2.05) is 9.80 Å². The number of imide groups is 1. The van der Waals surface area contributed by atoms with E-state index in [4.69, 9.17) is 15.9 Å². The van der Waals surface area contributed by atoms with Crippen LogP contribution >= 0.6 is 0 Å². The highest BCUT2D eigenvalue weighted by atomic mass is 16.5. The molecular weight excluding hydrogens is 374 g/mol. The molecule has 2 aliphatic heterocycles. The van der Waals surface area contributed by atoms with E-state index in [0.717, 1.165) is 25.9 Å². The molecule has 9 nitrogen and oxygen atoms in total. The lowest BCUT2D eigenvalue weighted by Crippen LogP contribution is -2.58. The predicted octanol–water partition coefficient (Wildman–Crippen LogP) is 0.173. The monoisotopic (exact) mass is 401 g/mol. The first-order valence-electron chi connectivity index (χ1n) is 9.81. The maximum Gasteiger partial charge on any atom is 0.320 e. The molecule has 2 aliphatic rings. The van der Waals surface area contributed by atoms with Gasteiger partial charge in [-0.05, 0) is 44.0 Å². The van der Waals surface area contributed by atoms with E-state index in [0.29, 0.717) is 17.9 Å². The molecule has 1 aromatic rings. The van der Waals surface area contributed by atoms with Gasteiger partial charge in [-0.1, -0.05) is 0 Å². The van der Waals surface area contributed by atoms with Crippen LogP contribution < -0.4 is 10.6 Å². The number of ether oxygens (including phenoxy) is 1. The second-order valence-electron chi connectivity index (χ2n) is 7.30. The summed E-state index contributed by atoms with van der Waals surface area (Å²) in [6, 6.07) is 6.67. The van der Waals surface area contributed by atoms with Crippen LogP contribution in [0.25, 0.3) is 0 Å². The molecular formula is C20H27N5O4. The van der Waals surface area contributed by atoms with Crippen LogP contribution in [0.3, 0.4) is 0 Å². The van der Waals surface area contributed by atoms with Crippen LogP contribution in [0.2, 0.25) is 0 Å². The first-order valence-corrected chi connectivity index (χ1v) is 9.81. The molecule has 3 N–H and O–H groups in total. The lowest BCUT2D eigenvalue weighted by molar-refractivity contribution is -0.144. The Kier molecular flexibility index (Phi) is 6.60. The van der Waals surface area contributed by atoms with Crippen LogP contribution in [-0.4, -0.2) is 78.8 Å². The van der Waals surface area contributed by atoms with Crippen LogP contribution in [0, 0.1) is 5.41 Å². The zero-order chi connectivity index (χ0) is 21.0. The van der Waals surface area contributed by atoms with Gasteiger partial charge in [-0.2, -0.15) is 0 Å². The summed E-state index contributed by atoms with van der Waals surface area (Å²) in [5.74, 6) is -0.800. The molecule has 3 rings (SSSR count). The van der Waals surface area contributed by atoms with Crippen molar-refractivity contribution in [1.82, 2.24) is 9.80 Å². The highest BCUT2D eigenvalue weighted by Gasteiger charge is 2.36. The average Bonchev–Trinajstić information content (AvgIpc) is 2.68. The molecule has 0 aliphatic carbocycles. The number of rotatable bonds is 6. The lowest BCUT2D eigenvalue weighted by atomic mass is 10.0. The van der Waals surface area contributed by atoms with Gasteiger partial charge in [0.15, 0.2) is 0 Å². The summed E-state index contributed by atoms with van der Waals surface area (Å²) in [6.45, 7) is 4.28. The number of carbonyl (C=O) groups is 3. The Labute approximate surface area is 169 Å². The molecule has 9 heteroatoms. The molecule has 0 unspecified atom stereocenters. The zero-order valence-electron chi connectivity index (χ0n) is 16.6. The van der Waals surface area contributed by atoms with E-state index in [1.165, 1.54) is 4.90 Å². The Bertz CT molecular complexity index is 769. The highest BCUT2D eigenvalue weighted by molar-refractivity contribution is 6.17. The van der Waals surface area contributed by atoms with E-state index >= 15 is 0 Å². The molecule has 0 spiro atoms. The second kappa shape index (κ2) is 9.15. The number of amidine groups is 1. The summed E-state index contributed by atoms with van der Waals surface area (Å²) in [7, 11) is 0. The minimum absolute atomic E-state index is 0.0617. The van der Waals surface area contributed by atoms with Gasteiger partial charge in [0.1, 0.15) is 5.84 Å². The fraction of sp³-hybridized carbons (Fsp3) is 0.500. The summed E-state index contributed by atoms with van der Waals surface area (Å²) in [4.78, 5) is 42.2. The molecule has 0 aromatic heterocycles. The minimum atomic E-state index is -0.259. The van der Waals surface area contributed by atoms with Gasteiger partial charge in [0, 0.05) is 24.7 Å². The van der Waals surface area contributed by atoms with Crippen LogP contribution in [-0.2, 0) is 19.1 Å². The summed E-state index contributed by atoms with van der Waals surface area (Å²) in [5.41, 5.74) is 6.49. The topological polar surface area (TPSA) is 120 Å². The van der Waals surface area contributed by atoms with E-state index in [1.54, 1.807) is 31.2 Å². The molecule has 1 aromatic carbocycles. The third-order valence-electron chi connectivity index (χ3n) is 5.34.